The van der Waals surface area contributed by atoms with Crippen molar-refractivity contribution in [3.63, 3.8) is 0 Å². The van der Waals surface area contributed by atoms with Gasteiger partial charge in [0.25, 0.3) is 0 Å². The molecule has 0 radical (unpaired) electrons. The summed E-state index contributed by atoms with van der Waals surface area (Å²) >= 11 is 0. The van der Waals surface area contributed by atoms with E-state index < -0.39 is 11.7 Å². The number of nitrogens with two attached hydrogens (primary N) is 1. The summed E-state index contributed by atoms with van der Waals surface area (Å²) in [7, 11) is 0. The van der Waals surface area contributed by atoms with Gasteiger partial charge in [0.05, 0.1) is 12.0 Å². The van der Waals surface area contributed by atoms with Gasteiger partial charge in [-0.15, -0.1) is 0 Å². The molecule has 0 saturated carbocycles. The molecule has 19 heavy (non-hydrogen) atoms. The van der Waals surface area contributed by atoms with Crippen molar-refractivity contribution in [3.05, 3.63) is 48.2 Å². The van der Waals surface area contributed by atoms with Crippen molar-refractivity contribution in [2.45, 2.75) is 6.61 Å². The van der Waals surface area contributed by atoms with Crippen LogP contribution in [0.5, 0.6) is 0 Å². The molecule has 0 spiro atoms. The molecule has 3 N–H and O–H groups in total. The van der Waals surface area contributed by atoms with E-state index in [4.69, 9.17) is 14.9 Å². The van der Waals surface area contributed by atoms with Crippen molar-refractivity contribution in [2.75, 3.05) is 17.7 Å². The summed E-state index contributed by atoms with van der Waals surface area (Å²) in [6.45, 7) is -0.0191. The third kappa shape index (κ3) is 3.82. The molecule has 0 saturated heterocycles. The molecule has 0 bridgehead atoms. The second-order valence-corrected chi connectivity index (χ2v) is 3.86. The molecule has 0 unspecified atom stereocenters. The summed E-state index contributed by atoms with van der Waals surface area (Å²) in [5.74, 6) is -0.396. The molecule has 0 fully saturated rings. The molecule has 100 valence electrons. The van der Waals surface area contributed by atoms with Crippen LogP contribution in [0.3, 0.4) is 0 Å². The average molecular weight is 264 g/mol. The van der Waals surface area contributed by atoms with Gasteiger partial charge in [0.1, 0.15) is 24.8 Å². The molecule has 1 aromatic carbocycles. The Morgan fingerprint density at radius 3 is 3.00 bits per heavy atom. The number of furan rings is 1. The Hall–Kier alpha value is -2.34. The Balaban J connectivity index is 1.82. The quantitative estimate of drug-likeness (QED) is 0.811. The van der Waals surface area contributed by atoms with Crippen molar-refractivity contribution in [1.82, 2.24) is 0 Å². The number of nitrogen functional groups attached to an aromatic ring is 1. The lowest BCUT2D eigenvalue weighted by Crippen LogP contribution is -2.19. The van der Waals surface area contributed by atoms with E-state index in [2.05, 4.69) is 5.32 Å². The zero-order valence-corrected chi connectivity index (χ0v) is 10.1. The van der Waals surface area contributed by atoms with Crippen LogP contribution in [0.4, 0.5) is 15.8 Å². The van der Waals surface area contributed by atoms with Gasteiger partial charge in [-0.05, 0) is 30.3 Å². The highest BCUT2D eigenvalue weighted by atomic mass is 19.1. The first kappa shape index (κ1) is 13.1. The summed E-state index contributed by atoms with van der Waals surface area (Å²) in [6, 6.07) is 7.41. The fourth-order valence-electron chi connectivity index (χ4n) is 1.46. The lowest BCUT2D eigenvalue weighted by molar-refractivity contribution is -0.121. The molecule has 2 rings (SSSR count). The lowest BCUT2D eigenvalue weighted by atomic mass is 10.2. The minimum Gasteiger partial charge on any atom is -0.467 e. The third-order valence-corrected chi connectivity index (χ3v) is 2.32. The number of hydrogen-bond donors (Lipinski definition) is 2. The van der Waals surface area contributed by atoms with Gasteiger partial charge < -0.3 is 20.2 Å². The number of rotatable bonds is 5. The van der Waals surface area contributed by atoms with Gasteiger partial charge in [-0.1, -0.05) is 0 Å². The number of carbonyl (C=O) groups is 1. The van der Waals surface area contributed by atoms with Gasteiger partial charge in [-0.2, -0.15) is 0 Å². The van der Waals surface area contributed by atoms with E-state index in [1.165, 1.54) is 24.5 Å². The van der Waals surface area contributed by atoms with E-state index >= 15 is 0 Å². The number of ether oxygens (including phenoxy) is 1. The second kappa shape index (κ2) is 6.01. The Bertz CT molecular complexity index is 555. The van der Waals surface area contributed by atoms with Gasteiger partial charge in [0.2, 0.25) is 5.91 Å². The molecule has 0 aliphatic carbocycles. The molecular formula is C13H13FN2O3. The number of hydrogen-bond acceptors (Lipinski definition) is 4. The first-order valence-corrected chi connectivity index (χ1v) is 5.60. The average Bonchev–Trinajstić information content (AvgIpc) is 2.87. The van der Waals surface area contributed by atoms with Crippen molar-refractivity contribution < 1.29 is 18.3 Å². The molecule has 0 aliphatic heterocycles. The Labute approximate surface area is 109 Å². The Kier molecular flexibility index (Phi) is 4.15. The number of carbonyl (C=O) groups excluding carboxylic acids is 1. The van der Waals surface area contributed by atoms with Crippen molar-refractivity contribution in [3.8, 4) is 0 Å². The second-order valence-electron chi connectivity index (χ2n) is 3.86. The maximum absolute atomic E-state index is 13.3. The maximum atomic E-state index is 13.3. The third-order valence-electron chi connectivity index (χ3n) is 2.32. The van der Waals surface area contributed by atoms with Gasteiger partial charge in [0.15, 0.2) is 0 Å². The number of nitrogens with one attached hydrogen (secondary N) is 1. The summed E-state index contributed by atoms with van der Waals surface area (Å²) in [6.07, 6.45) is 1.51. The van der Waals surface area contributed by atoms with E-state index in [1.807, 2.05) is 0 Å². The summed E-state index contributed by atoms with van der Waals surface area (Å²) in [4.78, 5) is 11.5. The fourth-order valence-corrected chi connectivity index (χ4v) is 1.46. The number of anilines is 2. The van der Waals surface area contributed by atoms with E-state index in [0.29, 0.717) is 11.4 Å². The smallest absolute Gasteiger partial charge is 0.250 e. The first-order chi connectivity index (χ1) is 9.15. The molecular weight excluding hydrogens is 251 g/mol. The van der Waals surface area contributed by atoms with Crippen LogP contribution in [0.15, 0.2) is 41.0 Å². The van der Waals surface area contributed by atoms with Crippen molar-refractivity contribution in [2.24, 2.45) is 0 Å². The number of halogens is 1. The molecule has 6 heteroatoms. The minimum atomic E-state index is -0.548. The monoisotopic (exact) mass is 264 g/mol. The normalized spacial score (nSPS) is 10.4. The molecule has 0 aliphatic rings. The SMILES string of the molecule is Nc1ccc(F)c(NC(=O)COCc2ccco2)c1. The van der Waals surface area contributed by atoms with Crippen LogP contribution in [0.1, 0.15) is 5.76 Å². The fraction of sp³-hybridized carbons (Fsp3) is 0.154. The number of benzene rings is 1. The molecule has 2 aromatic rings. The summed E-state index contributed by atoms with van der Waals surface area (Å²) < 4.78 is 23.5. The summed E-state index contributed by atoms with van der Waals surface area (Å²) in [5.41, 5.74) is 5.91. The zero-order valence-electron chi connectivity index (χ0n) is 10.1. The zero-order chi connectivity index (χ0) is 13.7. The highest BCUT2D eigenvalue weighted by molar-refractivity contribution is 5.92. The molecule has 0 atom stereocenters. The van der Waals surface area contributed by atoms with Crippen molar-refractivity contribution in [1.29, 1.82) is 0 Å². The van der Waals surface area contributed by atoms with Gasteiger partial charge in [-0.3, -0.25) is 4.79 Å². The van der Waals surface area contributed by atoms with E-state index in [0.717, 1.165) is 0 Å². The van der Waals surface area contributed by atoms with E-state index in [-0.39, 0.29) is 18.9 Å². The van der Waals surface area contributed by atoms with E-state index in [1.54, 1.807) is 12.1 Å². The molecule has 1 amide bonds. The van der Waals surface area contributed by atoms with Crippen LogP contribution in [0.2, 0.25) is 0 Å². The van der Waals surface area contributed by atoms with Gasteiger partial charge in [0, 0.05) is 5.69 Å². The topological polar surface area (TPSA) is 77.5 Å². The van der Waals surface area contributed by atoms with Gasteiger partial charge >= 0.3 is 0 Å². The Morgan fingerprint density at radius 1 is 1.42 bits per heavy atom. The summed E-state index contributed by atoms with van der Waals surface area (Å²) in [5, 5.41) is 2.38. The van der Waals surface area contributed by atoms with Crippen LogP contribution >= 0.6 is 0 Å². The first-order valence-electron chi connectivity index (χ1n) is 5.60. The molecule has 1 aromatic heterocycles. The van der Waals surface area contributed by atoms with Crippen LogP contribution in [-0.4, -0.2) is 12.5 Å². The highest BCUT2D eigenvalue weighted by Gasteiger charge is 2.08. The van der Waals surface area contributed by atoms with Crippen LogP contribution in [-0.2, 0) is 16.1 Å². The van der Waals surface area contributed by atoms with Crippen molar-refractivity contribution >= 4 is 17.3 Å². The van der Waals surface area contributed by atoms with Gasteiger partial charge in [-0.25, -0.2) is 4.39 Å². The standard InChI is InChI=1S/C13H13FN2O3/c14-11-4-3-9(15)6-12(11)16-13(17)8-18-7-10-2-1-5-19-10/h1-6H,7-8,15H2,(H,16,17). The minimum absolute atomic E-state index is 0.0339. The lowest BCUT2D eigenvalue weighted by Gasteiger charge is -2.07. The largest absolute Gasteiger partial charge is 0.467 e. The van der Waals surface area contributed by atoms with Crippen LogP contribution < -0.4 is 11.1 Å². The van der Waals surface area contributed by atoms with E-state index in [9.17, 15) is 9.18 Å². The van der Waals surface area contributed by atoms with Crippen LogP contribution in [0, 0.1) is 5.82 Å². The highest BCUT2D eigenvalue weighted by Crippen LogP contribution is 2.17. The predicted octanol–water partition coefficient (Wildman–Crippen LogP) is 2.16. The van der Waals surface area contributed by atoms with Crippen LogP contribution in [0.25, 0.3) is 0 Å². The Morgan fingerprint density at radius 2 is 2.26 bits per heavy atom. The maximum Gasteiger partial charge on any atom is 0.250 e. The molecule has 5 nitrogen and oxygen atoms in total. The predicted molar refractivity (Wildman–Crippen MR) is 67.8 cm³/mol. The number of amides is 1. The molecule has 1 heterocycles.